The molecular weight excluding hydrogens is 419 g/mol. The molecule has 3 heteroatoms. The van der Waals surface area contributed by atoms with Gasteiger partial charge in [0.05, 0.1) is 5.71 Å². The van der Waals surface area contributed by atoms with Gasteiger partial charge in [-0.15, -0.1) is 0 Å². The fourth-order valence-corrected chi connectivity index (χ4v) is 3.89. The van der Waals surface area contributed by atoms with Crippen molar-refractivity contribution in [3.05, 3.63) is 79.9 Å². The predicted octanol–water partition coefficient (Wildman–Crippen LogP) is 5.44. The van der Waals surface area contributed by atoms with Crippen molar-refractivity contribution in [2.75, 3.05) is 0 Å². The second kappa shape index (κ2) is 6.27. The van der Waals surface area contributed by atoms with Gasteiger partial charge < -0.3 is 5.84 Å². The molecule has 2 nitrogen and oxygen atoms in total. The smallest absolute Gasteiger partial charge is 0.0974 e. The van der Waals surface area contributed by atoms with E-state index in [-0.39, 0.29) is 10.8 Å². The van der Waals surface area contributed by atoms with Gasteiger partial charge in [-0.1, -0.05) is 58.0 Å². The molecule has 0 aliphatic heterocycles. The number of aryl methyl sites for hydroxylation is 1. The molecule has 25 heavy (non-hydrogen) atoms. The van der Waals surface area contributed by atoms with Crippen LogP contribution in [-0.2, 0) is 10.8 Å². The van der Waals surface area contributed by atoms with E-state index in [0.29, 0.717) is 0 Å². The molecule has 3 rings (SSSR count). The minimum Gasteiger partial charge on any atom is -0.323 e. The van der Waals surface area contributed by atoms with E-state index in [2.05, 4.69) is 111 Å². The summed E-state index contributed by atoms with van der Waals surface area (Å²) in [6, 6.07) is 12.9. The maximum atomic E-state index is 5.81. The zero-order valence-electron chi connectivity index (χ0n) is 15.5. The summed E-state index contributed by atoms with van der Waals surface area (Å²) >= 11 is 2.31. The number of hydrogen-bond acceptors (Lipinski definition) is 2. The maximum Gasteiger partial charge on any atom is 0.0974 e. The van der Waals surface area contributed by atoms with Gasteiger partial charge in [-0.05, 0) is 64.4 Å². The van der Waals surface area contributed by atoms with Gasteiger partial charge in [0.25, 0.3) is 0 Å². The summed E-state index contributed by atoms with van der Waals surface area (Å²) in [4.78, 5) is 0. The van der Waals surface area contributed by atoms with Crippen LogP contribution >= 0.6 is 22.6 Å². The molecule has 130 valence electrons. The molecule has 2 N–H and O–H groups in total. The number of fused-ring (bicyclic) bond motifs is 1. The Morgan fingerprint density at radius 3 is 1.96 bits per heavy atom. The summed E-state index contributed by atoms with van der Waals surface area (Å²) in [5.74, 6) is 5.81. The first-order chi connectivity index (χ1) is 11.7. The number of nitrogens with zero attached hydrogens (tertiary/aromatic N) is 1. The van der Waals surface area contributed by atoms with Gasteiger partial charge in [0.1, 0.15) is 0 Å². The van der Waals surface area contributed by atoms with Crippen LogP contribution in [0.15, 0.2) is 53.7 Å². The van der Waals surface area contributed by atoms with Crippen LogP contribution in [0.25, 0.3) is 0 Å². The lowest BCUT2D eigenvalue weighted by atomic mass is 9.67. The first kappa shape index (κ1) is 18.2. The van der Waals surface area contributed by atoms with Gasteiger partial charge in [0.2, 0.25) is 0 Å². The molecule has 0 radical (unpaired) electrons. The largest absolute Gasteiger partial charge is 0.323 e. The van der Waals surface area contributed by atoms with E-state index in [9.17, 15) is 0 Å². The zero-order valence-corrected chi connectivity index (χ0v) is 17.7. The Hall–Kier alpha value is -1.62. The van der Waals surface area contributed by atoms with Crippen LogP contribution in [0.3, 0.4) is 0 Å². The molecule has 0 bridgehead atoms. The van der Waals surface area contributed by atoms with Crippen molar-refractivity contribution in [1.82, 2.24) is 0 Å². The zero-order chi connectivity index (χ0) is 18.4. The van der Waals surface area contributed by atoms with Crippen molar-refractivity contribution < 1.29 is 0 Å². The summed E-state index contributed by atoms with van der Waals surface area (Å²) in [6.45, 7) is 11.2. The van der Waals surface area contributed by atoms with E-state index in [1.165, 1.54) is 20.3 Å². The number of nitrogens with two attached hydrogens (primary N) is 1. The highest BCUT2D eigenvalue weighted by Gasteiger charge is 2.33. The summed E-state index contributed by atoms with van der Waals surface area (Å²) in [5.41, 5.74) is 7.00. The Kier molecular flexibility index (Phi) is 4.56. The van der Waals surface area contributed by atoms with Crippen LogP contribution in [0.2, 0.25) is 0 Å². The van der Waals surface area contributed by atoms with Gasteiger partial charge in [-0.2, -0.15) is 5.10 Å². The maximum absolute atomic E-state index is 5.81. The third-order valence-corrected chi connectivity index (χ3v) is 5.89. The van der Waals surface area contributed by atoms with Crippen molar-refractivity contribution in [3.8, 4) is 0 Å². The van der Waals surface area contributed by atoms with Crippen molar-refractivity contribution in [3.63, 3.8) is 0 Å². The van der Waals surface area contributed by atoms with Crippen LogP contribution < -0.4 is 5.84 Å². The van der Waals surface area contributed by atoms with Gasteiger partial charge in [-0.3, -0.25) is 0 Å². The number of halogens is 1. The van der Waals surface area contributed by atoms with Crippen LogP contribution in [0.1, 0.15) is 55.5 Å². The van der Waals surface area contributed by atoms with Crippen LogP contribution in [0.4, 0.5) is 0 Å². The highest BCUT2D eigenvalue weighted by Crippen LogP contribution is 2.42. The van der Waals surface area contributed by atoms with E-state index in [0.717, 1.165) is 16.8 Å². The number of rotatable bonds is 2. The quantitative estimate of drug-likeness (QED) is 0.217. The molecule has 0 amide bonds. The molecule has 0 fully saturated rings. The number of allylic oxidation sites excluding steroid dienone is 2. The Labute approximate surface area is 164 Å². The standard InChI is InChI=1S/C22H25IN2/c1-14-12-18-19(22(4,5)11-10-21(18,2)3)13-17(14)20(25-24)15-6-8-16(23)9-7-15/h6-13H,24H2,1-5H3/b25-20-. The van der Waals surface area contributed by atoms with Crippen LogP contribution in [-0.4, -0.2) is 5.71 Å². The number of hydrogen-bond donors (Lipinski definition) is 1. The molecule has 0 unspecified atom stereocenters. The molecule has 0 spiro atoms. The average molecular weight is 444 g/mol. The Morgan fingerprint density at radius 1 is 0.920 bits per heavy atom. The fraction of sp³-hybridized carbons (Fsp3) is 0.318. The molecule has 0 saturated carbocycles. The fourth-order valence-electron chi connectivity index (χ4n) is 3.53. The molecular formula is C22H25IN2. The normalized spacial score (nSPS) is 18.1. The Bertz CT molecular complexity index is 872. The first-order valence-electron chi connectivity index (χ1n) is 8.56. The van der Waals surface area contributed by atoms with Gasteiger partial charge in [0, 0.05) is 25.5 Å². The third kappa shape index (κ3) is 3.26. The van der Waals surface area contributed by atoms with Crippen molar-refractivity contribution in [1.29, 1.82) is 0 Å². The number of hydrazone groups is 1. The van der Waals surface area contributed by atoms with Crippen molar-refractivity contribution in [2.24, 2.45) is 10.9 Å². The second-order valence-corrected chi connectivity index (χ2v) is 9.22. The summed E-state index contributed by atoms with van der Waals surface area (Å²) in [6.07, 6.45) is 4.64. The molecule has 0 atom stereocenters. The lowest BCUT2D eigenvalue weighted by Crippen LogP contribution is -2.30. The molecule has 2 aromatic carbocycles. The van der Waals surface area contributed by atoms with Crippen LogP contribution in [0, 0.1) is 10.5 Å². The Balaban J connectivity index is 2.21. The molecule has 1 aliphatic rings. The molecule has 2 aromatic rings. The molecule has 0 heterocycles. The minimum absolute atomic E-state index is 0.000914. The highest BCUT2D eigenvalue weighted by atomic mass is 127. The highest BCUT2D eigenvalue weighted by molar-refractivity contribution is 14.1. The van der Waals surface area contributed by atoms with Crippen molar-refractivity contribution in [2.45, 2.75) is 45.4 Å². The SMILES string of the molecule is Cc1cc2c(cc1/C(=N\N)c1ccc(I)cc1)C(C)(C)C=CC2(C)C. The van der Waals surface area contributed by atoms with E-state index < -0.39 is 0 Å². The summed E-state index contributed by atoms with van der Waals surface area (Å²) < 4.78 is 1.20. The number of benzene rings is 2. The molecule has 1 aliphatic carbocycles. The topological polar surface area (TPSA) is 38.4 Å². The van der Waals surface area contributed by atoms with E-state index >= 15 is 0 Å². The third-order valence-electron chi connectivity index (χ3n) is 5.17. The molecule has 0 aromatic heterocycles. The van der Waals surface area contributed by atoms with Gasteiger partial charge in [-0.25, -0.2) is 0 Å². The lowest BCUT2D eigenvalue weighted by molar-refractivity contribution is 0.562. The van der Waals surface area contributed by atoms with E-state index in [1.807, 2.05) is 0 Å². The minimum atomic E-state index is -0.000914. The van der Waals surface area contributed by atoms with Crippen molar-refractivity contribution >= 4 is 28.3 Å². The van der Waals surface area contributed by atoms with Crippen LogP contribution in [0.5, 0.6) is 0 Å². The second-order valence-electron chi connectivity index (χ2n) is 7.97. The lowest BCUT2D eigenvalue weighted by Gasteiger charge is -2.37. The van der Waals surface area contributed by atoms with Gasteiger partial charge in [0.15, 0.2) is 0 Å². The molecule has 0 saturated heterocycles. The summed E-state index contributed by atoms with van der Waals surface area (Å²) in [5, 5.41) is 4.15. The predicted molar refractivity (Wildman–Crippen MR) is 115 cm³/mol. The Morgan fingerprint density at radius 2 is 1.44 bits per heavy atom. The van der Waals surface area contributed by atoms with Gasteiger partial charge >= 0.3 is 0 Å². The first-order valence-corrected chi connectivity index (χ1v) is 9.64. The monoisotopic (exact) mass is 444 g/mol. The van der Waals surface area contributed by atoms with E-state index in [1.54, 1.807) is 0 Å². The summed E-state index contributed by atoms with van der Waals surface area (Å²) in [7, 11) is 0. The average Bonchev–Trinajstić information content (AvgIpc) is 2.55. The van der Waals surface area contributed by atoms with E-state index in [4.69, 9.17) is 5.84 Å².